The van der Waals surface area contributed by atoms with Crippen molar-refractivity contribution >= 4 is 5.91 Å². The fourth-order valence-electron chi connectivity index (χ4n) is 3.12. The number of rotatable bonds is 9. The van der Waals surface area contributed by atoms with Crippen LogP contribution >= 0.6 is 0 Å². The fourth-order valence-corrected chi connectivity index (χ4v) is 3.12. The number of amides is 1. The van der Waals surface area contributed by atoms with Crippen molar-refractivity contribution in [2.24, 2.45) is 5.41 Å². The van der Waals surface area contributed by atoms with Gasteiger partial charge < -0.3 is 20.1 Å². The number of hydrogen-bond acceptors (Lipinski definition) is 4. The van der Waals surface area contributed by atoms with Crippen molar-refractivity contribution in [3.05, 3.63) is 59.7 Å². The van der Waals surface area contributed by atoms with Crippen molar-refractivity contribution in [3.8, 4) is 11.5 Å². The number of methoxy groups -OCH3 is 1. The smallest absolute Gasteiger partial charge is 0.257 e. The number of ether oxygens (including phenoxy) is 2. The monoisotopic (exact) mass is 384 g/mol. The number of carbonyl (C=O) groups excluding carboxylic acids is 1. The van der Waals surface area contributed by atoms with Crippen LogP contribution < -0.4 is 20.1 Å². The second-order valence-electron chi connectivity index (χ2n) is 7.82. The van der Waals surface area contributed by atoms with Gasteiger partial charge in [-0.3, -0.25) is 4.79 Å². The Kier molecular flexibility index (Phi) is 7.88. The van der Waals surface area contributed by atoms with Gasteiger partial charge in [-0.25, -0.2) is 0 Å². The van der Waals surface area contributed by atoms with E-state index in [-0.39, 0.29) is 24.0 Å². The van der Waals surface area contributed by atoms with Crippen molar-refractivity contribution < 1.29 is 14.3 Å². The van der Waals surface area contributed by atoms with Gasteiger partial charge in [-0.05, 0) is 35.6 Å². The molecule has 0 aliphatic rings. The van der Waals surface area contributed by atoms with Crippen LogP contribution in [0.2, 0.25) is 0 Å². The van der Waals surface area contributed by atoms with E-state index in [0.29, 0.717) is 24.6 Å². The van der Waals surface area contributed by atoms with Gasteiger partial charge in [0.2, 0.25) is 0 Å². The van der Waals surface area contributed by atoms with Crippen LogP contribution in [0.1, 0.15) is 44.9 Å². The Hall–Kier alpha value is -2.53. The molecule has 152 valence electrons. The van der Waals surface area contributed by atoms with E-state index in [9.17, 15) is 4.79 Å². The first-order chi connectivity index (χ1) is 13.3. The van der Waals surface area contributed by atoms with Gasteiger partial charge in [0.1, 0.15) is 0 Å². The molecule has 1 atom stereocenters. The molecule has 0 saturated heterocycles. The molecule has 2 aromatic carbocycles. The van der Waals surface area contributed by atoms with Gasteiger partial charge in [-0.1, -0.05) is 57.2 Å². The predicted molar refractivity (Wildman–Crippen MR) is 113 cm³/mol. The second kappa shape index (κ2) is 10.1. The molecule has 0 bridgehead atoms. The minimum absolute atomic E-state index is 0.0259. The van der Waals surface area contributed by atoms with Gasteiger partial charge in [0, 0.05) is 19.1 Å². The van der Waals surface area contributed by atoms with Gasteiger partial charge in [0.05, 0.1) is 7.11 Å². The summed E-state index contributed by atoms with van der Waals surface area (Å²) < 4.78 is 11.0. The molecule has 0 aromatic heterocycles. The SMILES string of the molecule is CCNC(=O)COc1ccc(CNC(c2ccccc2)C(C)(C)C)cc1OC. The van der Waals surface area contributed by atoms with Gasteiger partial charge in [0.25, 0.3) is 5.91 Å². The molecule has 1 unspecified atom stereocenters. The molecule has 0 saturated carbocycles. The second-order valence-corrected chi connectivity index (χ2v) is 7.82. The highest BCUT2D eigenvalue weighted by molar-refractivity contribution is 5.77. The molecule has 0 spiro atoms. The van der Waals surface area contributed by atoms with E-state index < -0.39 is 0 Å². The van der Waals surface area contributed by atoms with Crippen molar-refractivity contribution in [2.45, 2.75) is 40.3 Å². The minimum Gasteiger partial charge on any atom is -0.493 e. The zero-order chi connectivity index (χ0) is 20.6. The first-order valence-corrected chi connectivity index (χ1v) is 9.70. The number of nitrogens with one attached hydrogen (secondary N) is 2. The molecule has 0 aliphatic carbocycles. The first-order valence-electron chi connectivity index (χ1n) is 9.70. The lowest BCUT2D eigenvalue weighted by Crippen LogP contribution is -2.32. The van der Waals surface area contributed by atoms with Crippen molar-refractivity contribution in [1.29, 1.82) is 0 Å². The Balaban J connectivity index is 2.07. The largest absolute Gasteiger partial charge is 0.493 e. The van der Waals surface area contributed by atoms with Crippen LogP contribution in [0.3, 0.4) is 0 Å². The van der Waals surface area contributed by atoms with Crippen molar-refractivity contribution in [1.82, 2.24) is 10.6 Å². The van der Waals surface area contributed by atoms with Crippen LogP contribution in [0, 0.1) is 5.41 Å². The molecule has 5 heteroatoms. The average Bonchev–Trinajstić information content (AvgIpc) is 2.67. The fraction of sp³-hybridized carbons (Fsp3) is 0.435. The number of likely N-dealkylation sites (N-methyl/N-ethyl adjacent to an activating group) is 1. The summed E-state index contributed by atoms with van der Waals surface area (Å²) in [6.45, 7) is 9.83. The zero-order valence-electron chi connectivity index (χ0n) is 17.5. The normalized spacial score (nSPS) is 12.3. The summed E-state index contributed by atoms with van der Waals surface area (Å²) in [6, 6.07) is 16.5. The Morgan fingerprint density at radius 2 is 1.79 bits per heavy atom. The lowest BCUT2D eigenvalue weighted by atomic mass is 9.82. The summed E-state index contributed by atoms with van der Waals surface area (Å²) >= 11 is 0. The van der Waals surface area contributed by atoms with Crippen LogP contribution in [0.25, 0.3) is 0 Å². The average molecular weight is 385 g/mol. The Bertz CT molecular complexity index is 754. The van der Waals surface area contributed by atoms with Crippen LogP contribution in [0.15, 0.2) is 48.5 Å². The van der Waals surface area contributed by atoms with Crippen molar-refractivity contribution in [2.75, 3.05) is 20.3 Å². The molecule has 2 aromatic rings. The number of carbonyl (C=O) groups is 1. The predicted octanol–water partition coefficient (Wildman–Crippen LogP) is 4.09. The molecular weight excluding hydrogens is 352 g/mol. The minimum atomic E-state index is -0.147. The Morgan fingerprint density at radius 1 is 1.07 bits per heavy atom. The van der Waals surface area contributed by atoms with Gasteiger partial charge in [-0.2, -0.15) is 0 Å². The van der Waals surface area contributed by atoms with E-state index >= 15 is 0 Å². The maximum Gasteiger partial charge on any atom is 0.257 e. The number of benzene rings is 2. The molecule has 0 radical (unpaired) electrons. The molecule has 0 fully saturated rings. The summed E-state index contributed by atoms with van der Waals surface area (Å²) in [5, 5.41) is 6.38. The molecule has 2 N–H and O–H groups in total. The highest BCUT2D eigenvalue weighted by Crippen LogP contribution is 2.33. The quantitative estimate of drug-likeness (QED) is 0.684. The lowest BCUT2D eigenvalue weighted by molar-refractivity contribution is -0.123. The molecular formula is C23H32N2O3. The lowest BCUT2D eigenvalue weighted by Gasteiger charge is -2.32. The van der Waals surface area contributed by atoms with E-state index in [1.165, 1.54) is 5.56 Å². The summed E-state index contributed by atoms with van der Waals surface area (Å²) in [4.78, 5) is 11.6. The van der Waals surface area contributed by atoms with Crippen LogP contribution in [0.5, 0.6) is 11.5 Å². The molecule has 5 nitrogen and oxygen atoms in total. The van der Waals surface area contributed by atoms with Gasteiger partial charge >= 0.3 is 0 Å². The summed E-state index contributed by atoms with van der Waals surface area (Å²) in [7, 11) is 1.60. The van der Waals surface area contributed by atoms with Crippen LogP contribution in [-0.2, 0) is 11.3 Å². The van der Waals surface area contributed by atoms with Gasteiger partial charge in [0.15, 0.2) is 18.1 Å². The molecule has 0 aliphatic heterocycles. The summed E-state index contributed by atoms with van der Waals surface area (Å²) in [6.07, 6.45) is 0. The molecule has 1 amide bonds. The third-order valence-corrected chi connectivity index (χ3v) is 4.47. The molecule has 2 rings (SSSR count). The van der Waals surface area contributed by atoms with E-state index in [2.05, 4.69) is 55.7 Å². The third kappa shape index (κ3) is 6.27. The maximum atomic E-state index is 11.6. The summed E-state index contributed by atoms with van der Waals surface area (Å²) in [5.41, 5.74) is 2.43. The molecule has 0 heterocycles. The van der Waals surface area contributed by atoms with E-state index in [1.54, 1.807) is 7.11 Å². The third-order valence-electron chi connectivity index (χ3n) is 4.47. The topological polar surface area (TPSA) is 59.6 Å². The Labute approximate surface area is 168 Å². The maximum absolute atomic E-state index is 11.6. The highest BCUT2D eigenvalue weighted by atomic mass is 16.5. The standard InChI is InChI=1S/C23H32N2O3/c1-6-24-21(26)16-28-19-13-12-17(14-20(19)27-5)15-25-22(23(2,3)4)18-10-8-7-9-11-18/h7-14,22,25H,6,15-16H2,1-5H3,(H,24,26). The number of hydrogen-bond donors (Lipinski definition) is 2. The van der Waals surface area contributed by atoms with Crippen LogP contribution in [-0.4, -0.2) is 26.2 Å². The van der Waals surface area contributed by atoms with E-state index in [0.717, 1.165) is 5.56 Å². The van der Waals surface area contributed by atoms with Crippen molar-refractivity contribution in [3.63, 3.8) is 0 Å². The Morgan fingerprint density at radius 3 is 2.39 bits per heavy atom. The van der Waals surface area contributed by atoms with E-state index in [4.69, 9.17) is 9.47 Å². The first kappa shape index (κ1) is 21.8. The van der Waals surface area contributed by atoms with Gasteiger partial charge in [-0.15, -0.1) is 0 Å². The molecule has 28 heavy (non-hydrogen) atoms. The zero-order valence-corrected chi connectivity index (χ0v) is 17.5. The summed E-state index contributed by atoms with van der Waals surface area (Å²) in [5.74, 6) is 1.04. The van der Waals surface area contributed by atoms with Crippen LogP contribution in [0.4, 0.5) is 0 Å². The van der Waals surface area contributed by atoms with E-state index in [1.807, 2.05) is 31.2 Å². The highest BCUT2D eigenvalue weighted by Gasteiger charge is 2.25.